The van der Waals surface area contributed by atoms with Gasteiger partial charge >= 0.3 is 11.8 Å². The van der Waals surface area contributed by atoms with E-state index in [9.17, 15) is 9.59 Å². The van der Waals surface area contributed by atoms with E-state index >= 15 is 0 Å². The van der Waals surface area contributed by atoms with Gasteiger partial charge in [-0.25, -0.2) is 4.98 Å². The first-order valence-corrected chi connectivity index (χ1v) is 6.88. The number of nitrogens with zero attached hydrogens (tertiary/aromatic N) is 1. The molecule has 7 nitrogen and oxygen atoms in total. The Bertz CT molecular complexity index is 736. The van der Waals surface area contributed by atoms with E-state index in [1.807, 2.05) is 0 Å². The highest BCUT2D eigenvalue weighted by molar-refractivity contribution is 6.44. The fourth-order valence-corrected chi connectivity index (χ4v) is 1.93. The number of ether oxygens (including phenoxy) is 2. The molecule has 0 saturated heterocycles. The molecule has 23 heavy (non-hydrogen) atoms. The third-order valence-electron chi connectivity index (χ3n) is 2.85. The Kier molecular flexibility index (Phi) is 5.37. The molecule has 0 fully saturated rings. The highest BCUT2D eigenvalue weighted by atomic mass is 35.5. The normalized spacial score (nSPS) is 9.87. The van der Waals surface area contributed by atoms with E-state index in [4.69, 9.17) is 21.1 Å². The number of hydrogen-bond acceptors (Lipinski definition) is 5. The second-order valence-electron chi connectivity index (χ2n) is 4.32. The van der Waals surface area contributed by atoms with Crippen LogP contribution in [0.3, 0.4) is 0 Å². The minimum atomic E-state index is -0.866. The number of aromatic nitrogens is 1. The van der Waals surface area contributed by atoms with Crippen LogP contribution in [0.2, 0.25) is 5.15 Å². The number of methoxy groups -OCH3 is 2. The summed E-state index contributed by atoms with van der Waals surface area (Å²) in [6, 6.07) is 7.87. The minimum Gasteiger partial charge on any atom is -0.493 e. The Balaban J connectivity index is 2.07. The first-order valence-electron chi connectivity index (χ1n) is 6.50. The standard InChI is InChI=1S/C15H14ClN3O4/c1-22-11-6-5-9(8-12(11)23-2)18-14(20)15(21)19-10-4-3-7-17-13(10)16/h3-8H,1-2H3,(H,18,20)(H,19,21). The summed E-state index contributed by atoms with van der Waals surface area (Å²) in [5.74, 6) is -0.773. The fraction of sp³-hybridized carbons (Fsp3) is 0.133. The van der Waals surface area contributed by atoms with Crippen molar-refractivity contribution in [3.8, 4) is 11.5 Å². The molecular weight excluding hydrogens is 322 g/mol. The van der Waals surface area contributed by atoms with Crippen LogP contribution in [0.25, 0.3) is 0 Å². The van der Waals surface area contributed by atoms with Gasteiger partial charge < -0.3 is 20.1 Å². The molecule has 2 aromatic rings. The summed E-state index contributed by atoms with van der Waals surface area (Å²) < 4.78 is 10.2. The van der Waals surface area contributed by atoms with Gasteiger partial charge in [0.2, 0.25) is 0 Å². The van der Waals surface area contributed by atoms with Crippen LogP contribution in [-0.2, 0) is 9.59 Å². The van der Waals surface area contributed by atoms with Crippen LogP contribution >= 0.6 is 11.6 Å². The van der Waals surface area contributed by atoms with Crippen LogP contribution in [-0.4, -0.2) is 31.0 Å². The smallest absolute Gasteiger partial charge is 0.314 e. The molecule has 0 aliphatic rings. The van der Waals surface area contributed by atoms with Crippen molar-refractivity contribution in [2.24, 2.45) is 0 Å². The largest absolute Gasteiger partial charge is 0.493 e. The molecule has 2 amide bonds. The summed E-state index contributed by atoms with van der Waals surface area (Å²) >= 11 is 5.82. The highest BCUT2D eigenvalue weighted by Crippen LogP contribution is 2.29. The number of rotatable bonds is 4. The summed E-state index contributed by atoms with van der Waals surface area (Å²) in [4.78, 5) is 27.6. The first kappa shape index (κ1) is 16.6. The third-order valence-corrected chi connectivity index (χ3v) is 3.16. The van der Waals surface area contributed by atoms with Crippen LogP contribution < -0.4 is 20.1 Å². The summed E-state index contributed by atoms with van der Waals surface area (Å²) in [5, 5.41) is 4.93. The molecule has 0 unspecified atom stereocenters. The molecule has 1 aromatic heterocycles. The summed E-state index contributed by atoms with van der Waals surface area (Å²) in [5.41, 5.74) is 0.640. The number of pyridine rings is 1. The van der Waals surface area contributed by atoms with Gasteiger partial charge in [0.25, 0.3) is 0 Å². The Morgan fingerprint density at radius 3 is 2.39 bits per heavy atom. The average molecular weight is 336 g/mol. The maximum Gasteiger partial charge on any atom is 0.314 e. The Labute approximate surface area is 137 Å². The van der Waals surface area contributed by atoms with Gasteiger partial charge in [0.1, 0.15) is 0 Å². The summed E-state index contributed by atoms with van der Waals surface area (Å²) in [6.45, 7) is 0. The molecule has 0 saturated carbocycles. The fourth-order valence-electron chi connectivity index (χ4n) is 1.76. The molecule has 8 heteroatoms. The zero-order valence-electron chi connectivity index (χ0n) is 12.4. The Hall–Kier alpha value is -2.80. The molecule has 0 bridgehead atoms. The number of carbonyl (C=O) groups excluding carboxylic acids is 2. The second-order valence-corrected chi connectivity index (χ2v) is 4.68. The monoisotopic (exact) mass is 335 g/mol. The maximum atomic E-state index is 11.9. The van der Waals surface area contributed by atoms with Crippen molar-refractivity contribution in [3.63, 3.8) is 0 Å². The molecule has 0 aliphatic carbocycles. The molecule has 1 heterocycles. The number of carbonyl (C=O) groups is 2. The number of amides is 2. The molecule has 1 aromatic carbocycles. The van der Waals surface area contributed by atoms with E-state index in [2.05, 4.69) is 15.6 Å². The van der Waals surface area contributed by atoms with Crippen LogP contribution in [0.5, 0.6) is 11.5 Å². The van der Waals surface area contributed by atoms with Gasteiger partial charge in [-0.1, -0.05) is 11.6 Å². The van der Waals surface area contributed by atoms with Crippen LogP contribution in [0.1, 0.15) is 0 Å². The van der Waals surface area contributed by atoms with E-state index in [0.717, 1.165) is 0 Å². The van der Waals surface area contributed by atoms with Gasteiger partial charge in [0.05, 0.1) is 19.9 Å². The summed E-state index contributed by atoms with van der Waals surface area (Å²) in [6.07, 6.45) is 1.47. The molecular formula is C15H14ClN3O4. The zero-order valence-corrected chi connectivity index (χ0v) is 13.2. The molecule has 2 N–H and O–H groups in total. The van der Waals surface area contributed by atoms with Crippen LogP contribution in [0.4, 0.5) is 11.4 Å². The van der Waals surface area contributed by atoms with E-state index in [-0.39, 0.29) is 10.8 Å². The predicted octanol–water partition coefficient (Wildman–Crippen LogP) is 2.33. The number of anilines is 2. The quantitative estimate of drug-likeness (QED) is 0.661. The van der Waals surface area contributed by atoms with Crippen molar-refractivity contribution < 1.29 is 19.1 Å². The van der Waals surface area contributed by atoms with Gasteiger partial charge in [-0.05, 0) is 24.3 Å². The van der Waals surface area contributed by atoms with Crippen molar-refractivity contribution >= 4 is 34.8 Å². The van der Waals surface area contributed by atoms with Crippen molar-refractivity contribution in [1.82, 2.24) is 4.98 Å². The SMILES string of the molecule is COc1ccc(NC(=O)C(=O)Nc2cccnc2Cl)cc1OC. The Morgan fingerprint density at radius 2 is 1.74 bits per heavy atom. The zero-order chi connectivity index (χ0) is 16.8. The molecule has 0 atom stereocenters. The highest BCUT2D eigenvalue weighted by Gasteiger charge is 2.16. The van der Waals surface area contributed by atoms with Crippen LogP contribution in [0, 0.1) is 0 Å². The van der Waals surface area contributed by atoms with Gasteiger partial charge in [-0.2, -0.15) is 0 Å². The lowest BCUT2D eigenvalue weighted by atomic mass is 10.2. The van der Waals surface area contributed by atoms with E-state index in [0.29, 0.717) is 17.2 Å². The van der Waals surface area contributed by atoms with Crippen molar-refractivity contribution in [2.45, 2.75) is 0 Å². The van der Waals surface area contributed by atoms with E-state index < -0.39 is 11.8 Å². The number of hydrogen-bond donors (Lipinski definition) is 2. The molecule has 0 radical (unpaired) electrons. The van der Waals surface area contributed by atoms with E-state index in [1.165, 1.54) is 26.5 Å². The first-order chi connectivity index (χ1) is 11.0. The van der Waals surface area contributed by atoms with Gasteiger partial charge in [-0.15, -0.1) is 0 Å². The minimum absolute atomic E-state index is 0.0970. The topological polar surface area (TPSA) is 89.5 Å². The van der Waals surface area contributed by atoms with E-state index in [1.54, 1.807) is 24.3 Å². The molecule has 2 rings (SSSR count). The maximum absolute atomic E-state index is 11.9. The second kappa shape index (κ2) is 7.46. The van der Waals surface area contributed by atoms with Gasteiger partial charge in [-0.3, -0.25) is 9.59 Å². The number of nitrogens with one attached hydrogen (secondary N) is 2. The third kappa shape index (κ3) is 4.10. The average Bonchev–Trinajstić information content (AvgIpc) is 2.56. The number of halogens is 1. The lowest BCUT2D eigenvalue weighted by Gasteiger charge is -2.10. The van der Waals surface area contributed by atoms with Crippen molar-refractivity contribution in [3.05, 3.63) is 41.7 Å². The van der Waals surface area contributed by atoms with Gasteiger partial charge in [0, 0.05) is 18.0 Å². The molecule has 120 valence electrons. The van der Waals surface area contributed by atoms with Crippen molar-refractivity contribution in [2.75, 3.05) is 24.9 Å². The predicted molar refractivity (Wildman–Crippen MR) is 86.1 cm³/mol. The van der Waals surface area contributed by atoms with Crippen LogP contribution in [0.15, 0.2) is 36.5 Å². The van der Waals surface area contributed by atoms with Gasteiger partial charge in [0.15, 0.2) is 16.7 Å². The molecule has 0 aliphatic heterocycles. The summed E-state index contributed by atoms with van der Waals surface area (Å²) in [7, 11) is 2.97. The molecule has 0 spiro atoms. The lowest BCUT2D eigenvalue weighted by Crippen LogP contribution is -2.29. The number of benzene rings is 1. The van der Waals surface area contributed by atoms with Crippen molar-refractivity contribution in [1.29, 1.82) is 0 Å². The Morgan fingerprint density at radius 1 is 1.04 bits per heavy atom. The lowest BCUT2D eigenvalue weighted by molar-refractivity contribution is -0.133.